The predicted molar refractivity (Wildman–Crippen MR) is 85.7 cm³/mol. The van der Waals surface area contributed by atoms with Crippen molar-refractivity contribution in [3.05, 3.63) is 77.6 Å². The minimum Gasteiger partial charge on any atom is -0.337 e. The Kier molecular flexibility index (Phi) is 4.33. The Hall–Kier alpha value is -3.09. The summed E-state index contributed by atoms with van der Waals surface area (Å²) in [7, 11) is 1.83. The van der Waals surface area contributed by atoms with Crippen LogP contribution in [0.15, 0.2) is 49.1 Å². The van der Waals surface area contributed by atoms with E-state index >= 15 is 0 Å². The molecule has 0 saturated carbocycles. The highest BCUT2D eigenvalue weighted by Gasteiger charge is 2.22. The number of carbonyl (C=O) groups excluding carboxylic acids is 1. The second-order valence-electron chi connectivity index (χ2n) is 5.40. The van der Waals surface area contributed by atoms with Gasteiger partial charge in [-0.05, 0) is 24.6 Å². The summed E-state index contributed by atoms with van der Waals surface area (Å²) in [5.41, 5.74) is 1.66. The summed E-state index contributed by atoms with van der Waals surface area (Å²) in [6, 6.07) is 5.42. The number of halogens is 1. The fourth-order valence-corrected chi connectivity index (χ4v) is 2.32. The molecule has 3 rings (SSSR count). The van der Waals surface area contributed by atoms with Gasteiger partial charge in [-0.3, -0.25) is 9.78 Å². The van der Waals surface area contributed by atoms with E-state index in [0.29, 0.717) is 5.82 Å². The molecular formula is C17H16FN5O. The monoisotopic (exact) mass is 325 g/mol. The van der Waals surface area contributed by atoms with Crippen LogP contribution in [-0.4, -0.2) is 25.4 Å². The van der Waals surface area contributed by atoms with E-state index in [0.717, 1.165) is 11.3 Å². The van der Waals surface area contributed by atoms with E-state index in [9.17, 15) is 9.18 Å². The van der Waals surface area contributed by atoms with E-state index in [1.165, 1.54) is 24.5 Å². The van der Waals surface area contributed by atoms with Crippen LogP contribution >= 0.6 is 0 Å². The average molecular weight is 325 g/mol. The van der Waals surface area contributed by atoms with Crippen LogP contribution in [0.4, 0.5) is 4.39 Å². The Morgan fingerprint density at radius 3 is 2.50 bits per heavy atom. The molecule has 24 heavy (non-hydrogen) atoms. The van der Waals surface area contributed by atoms with E-state index in [1.54, 1.807) is 36.0 Å². The third kappa shape index (κ3) is 3.29. The van der Waals surface area contributed by atoms with Crippen LogP contribution in [0.1, 0.15) is 33.6 Å². The summed E-state index contributed by atoms with van der Waals surface area (Å²) in [4.78, 5) is 24.9. The van der Waals surface area contributed by atoms with Gasteiger partial charge in [-0.25, -0.2) is 14.4 Å². The Morgan fingerprint density at radius 1 is 1.17 bits per heavy atom. The predicted octanol–water partition coefficient (Wildman–Crippen LogP) is 2.18. The molecule has 2 aromatic heterocycles. The molecule has 6 nitrogen and oxygen atoms in total. The van der Waals surface area contributed by atoms with Gasteiger partial charge in [-0.1, -0.05) is 12.1 Å². The molecule has 2 heterocycles. The molecule has 0 radical (unpaired) electrons. The maximum Gasteiger partial charge on any atom is 0.272 e. The van der Waals surface area contributed by atoms with Crippen LogP contribution in [0.25, 0.3) is 0 Å². The van der Waals surface area contributed by atoms with Crippen molar-refractivity contribution >= 4 is 5.91 Å². The molecule has 7 heteroatoms. The lowest BCUT2D eigenvalue weighted by atomic mass is 10.1. The molecule has 0 saturated heterocycles. The summed E-state index contributed by atoms with van der Waals surface area (Å²) in [5.74, 6) is -0.0806. The number of nitrogens with one attached hydrogen (secondary N) is 1. The normalized spacial score (nSPS) is 12.0. The number of nitrogens with zero attached hydrogens (tertiary/aromatic N) is 4. The van der Waals surface area contributed by atoms with Gasteiger partial charge in [0.1, 0.15) is 23.4 Å². The highest BCUT2D eigenvalue weighted by Crippen LogP contribution is 2.21. The van der Waals surface area contributed by atoms with Crippen molar-refractivity contribution < 1.29 is 9.18 Å². The molecule has 0 bridgehead atoms. The molecular weight excluding hydrogens is 309 g/mol. The molecule has 3 aromatic rings. The molecule has 122 valence electrons. The number of hydrogen-bond donors (Lipinski definition) is 1. The molecule has 0 aliphatic heterocycles. The SMILES string of the molecule is Cc1cnc(C(=O)NC(c2ccc(F)cc2)c2nccn2C)cn1. The van der Waals surface area contributed by atoms with Gasteiger partial charge in [0.05, 0.1) is 11.9 Å². The summed E-state index contributed by atoms with van der Waals surface area (Å²) < 4.78 is 15.0. The van der Waals surface area contributed by atoms with E-state index in [4.69, 9.17) is 0 Å². The maximum atomic E-state index is 13.2. The van der Waals surface area contributed by atoms with Crippen molar-refractivity contribution in [2.45, 2.75) is 13.0 Å². The van der Waals surface area contributed by atoms with Crippen LogP contribution in [0.5, 0.6) is 0 Å². The van der Waals surface area contributed by atoms with Crippen molar-refractivity contribution in [3.63, 3.8) is 0 Å². The Balaban J connectivity index is 1.93. The van der Waals surface area contributed by atoms with Crippen LogP contribution in [0.3, 0.4) is 0 Å². The van der Waals surface area contributed by atoms with Gasteiger partial charge < -0.3 is 9.88 Å². The van der Waals surface area contributed by atoms with Gasteiger partial charge in [0.2, 0.25) is 0 Å². The number of hydrogen-bond acceptors (Lipinski definition) is 4. The molecule has 0 aliphatic carbocycles. The lowest BCUT2D eigenvalue weighted by Gasteiger charge is -2.19. The van der Waals surface area contributed by atoms with Gasteiger partial charge in [0, 0.05) is 25.6 Å². The van der Waals surface area contributed by atoms with E-state index in [2.05, 4.69) is 20.3 Å². The lowest BCUT2D eigenvalue weighted by Crippen LogP contribution is -2.31. The lowest BCUT2D eigenvalue weighted by molar-refractivity contribution is 0.0935. The number of amides is 1. The first-order valence-electron chi connectivity index (χ1n) is 7.37. The first-order chi connectivity index (χ1) is 11.5. The van der Waals surface area contributed by atoms with Crippen molar-refractivity contribution in [2.75, 3.05) is 0 Å². The summed E-state index contributed by atoms with van der Waals surface area (Å²) in [6.07, 6.45) is 6.38. The summed E-state index contributed by atoms with van der Waals surface area (Å²) >= 11 is 0. The van der Waals surface area contributed by atoms with Crippen molar-refractivity contribution in [1.82, 2.24) is 24.8 Å². The van der Waals surface area contributed by atoms with Crippen LogP contribution in [-0.2, 0) is 7.05 Å². The van der Waals surface area contributed by atoms with Crippen molar-refractivity contribution in [2.24, 2.45) is 7.05 Å². The van der Waals surface area contributed by atoms with Gasteiger partial charge in [-0.15, -0.1) is 0 Å². The van der Waals surface area contributed by atoms with Gasteiger partial charge in [0.15, 0.2) is 0 Å². The Bertz CT molecular complexity index is 842. The highest BCUT2D eigenvalue weighted by atomic mass is 19.1. The van der Waals surface area contributed by atoms with Crippen LogP contribution in [0.2, 0.25) is 0 Å². The zero-order chi connectivity index (χ0) is 17.1. The van der Waals surface area contributed by atoms with Gasteiger partial charge in [-0.2, -0.15) is 0 Å². The maximum absolute atomic E-state index is 13.2. The summed E-state index contributed by atoms with van der Waals surface area (Å²) in [5, 5.41) is 2.88. The third-order valence-electron chi connectivity index (χ3n) is 3.61. The fourth-order valence-electron chi connectivity index (χ4n) is 2.32. The first-order valence-corrected chi connectivity index (χ1v) is 7.37. The Labute approximate surface area is 138 Å². The van der Waals surface area contributed by atoms with Gasteiger partial charge in [0.25, 0.3) is 5.91 Å². The summed E-state index contributed by atoms with van der Waals surface area (Å²) in [6.45, 7) is 1.80. The molecule has 1 N–H and O–H groups in total. The number of rotatable bonds is 4. The smallest absolute Gasteiger partial charge is 0.272 e. The second-order valence-corrected chi connectivity index (χ2v) is 5.40. The van der Waals surface area contributed by atoms with E-state index in [1.807, 2.05) is 7.05 Å². The molecule has 1 amide bonds. The molecule has 0 spiro atoms. The average Bonchev–Trinajstić information content (AvgIpc) is 3.00. The molecule has 0 aliphatic rings. The van der Waals surface area contributed by atoms with Crippen LogP contribution in [0, 0.1) is 12.7 Å². The fraction of sp³-hybridized carbons (Fsp3) is 0.176. The van der Waals surface area contributed by atoms with E-state index in [-0.39, 0.29) is 17.4 Å². The zero-order valence-electron chi connectivity index (χ0n) is 13.3. The number of aromatic nitrogens is 4. The quantitative estimate of drug-likeness (QED) is 0.798. The molecule has 1 unspecified atom stereocenters. The van der Waals surface area contributed by atoms with Crippen molar-refractivity contribution in [3.8, 4) is 0 Å². The second kappa shape index (κ2) is 6.57. The number of imidazole rings is 1. The minimum atomic E-state index is -0.527. The minimum absolute atomic E-state index is 0.210. The zero-order valence-corrected chi connectivity index (χ0v) is 13.3. The number of benzene rings is 1. The van der Waals surface area contributed by atoms with Crippen molar-refractivity contribution in [1.29, 1.82) is 0 Å². The molecule has 1 atom stereocenters. The number of aryl methyl sites for hydroxylation is 2. The molecule has 1 aromatic carbocycles. The standard InChI is InChI=1S/C17H16FN5O/c1-11-9-21-14(10-20-11)17(24)22-15(16-19-7-8-23(16)2)12-3-5-13(18)6-4-12/h3-10,15H,1-2H3,(H,22,24). The van der Waals surface area contributed by atoms with E-state index < -0.39 is 6.04 Å². The highest BCUT2D eigenvalue weighted by molar-refractivity contribution is 5.92. The first kappa shape index (κ1) is 15.8. The largest absolute Gasteiger partial charge is 0.337 e. The third-order valence-corrected chi connectivity index (χ3v) is 3.61. The topological polar surface area (TPSA) is 72.7 Å². The molecule has 0 fully saturated rings. The number of carbonyl (C=O) groups is 1. The Morgan fingerprint density at radius 2 is 1.92 bits per heavy atom. The van der Waals surface area contributed by atoms with Crippen LogP contribution < -0.4 is 5.32 Å². The van der Waals surface area contributed by atoms with Gasteiger partial charge >= 0.3 is 0 Å².